The van der Waals surface area contributed by atoms with Gasteiger partial charge in [0.25, 0.3) is 0 Å². The van der Waals surface area contributed by atoms with Gasteiger partial charge in [0.2, 0.25) is 0 Å². The number of thiazole rings is 1. The van der Waals surface area contributed by atoms with Gasteiger partial charge in [-0.25, -0.2) is 4.98 Å². The van der Waals surface area contributed by atoms with Crippen LogP contribution < -0.4 is 10.6 Å². The van der Waals surface area contributed by atoms with E-state index in [-0.39, 0.29) is 0 Å². The molecular formula is C13H23N3OS. The second-order valence-corrected chi connectivity index (χ2v) is 5.77. The molecule has 1 fully saturated rings. The van der Waals surface area contributed by atoms with E-state index >= 15 is 0 Å². The molecule has 0 amide bonds. The van der Waals surface area contributed by atoms with E-state index in [2.05, 4.69) is 34.8 Å². The Labute approximate surface area is 113 Å². The van der Waals surface area contributed by atoms with Crippen molar-refractivity contribution in [2.45, 2.75) is 45.3 Å². The van der Waals surface area contributed by atoms with E-state index in [0.717, 1.165) is 44.8 Å². The van der Waals surface area contributed by atoms with Crippen LogP contribution in [0.2, 0.25) is 0 Å². The second-order valence-electron chi connectivity index (χ2n) is 4.83. The predicted molar refractivity (Wildman–Crippen MR) is 75.0 cm³/mol. The van der Waals surface area contributed by atoms with Gasteiger partial charge in [-0.15, -0.1) is 11.3 Å². The van der Waals surface area contributed by atoms with E-state index in [1.165, 1.54) is 5.01 Å². The Morgan fingerprint density at radius 2 is 2.56 bits per heavy atom. The average molecular weight is 269 g/mol. The van der Waals surface area contributed by atoms with Crippen LogP contribution in [0.4, 0.5) is 0 Å². The van der Waals surface area contributed by atoms with Crippen LogP contribution in [0.1, 0.15) is 31.0 Å². The largest absolute Gasteiger partial charge is 0.379 e. The number of hydrogen-bond acceptors (Lipinski definition) is 5. The lowest BCUT2D eigenvalue weighted by atomic mass is 10.1. The molecule has 4 nitrogen and oxygen atoms in total. The molecule has 5 heteroatoms. The third-order valence-corrected chi connectivity index (χ3v) is 4.21. The van der Waals surface area contributed by atoms with Gasteiger partial charge < -0.3 is 15.4 Å². The average Bonchev–Trinajstić information content (AvgIpc) is 2.85. The topological polar surface area (TPSA) is 46.2 Å². The van der Waals surface area contributed by atoms with Crippen LogP contribution in [0.3, 0.4) is 0 Å². The molecule has 1 aliphatic heterocycles. The van der Waals surface area contributed by atoms with Gasteiger partial charge in [0.05, 0.1) is 23.9 Å². The SMILES string of the molecule is CCc1nc(CNC(C)CC2COCCN2)cs1. The second kappa shape index (κ2) is 7.19. The molecule has 18 heavy (non-hydrogen) atoms. The van der Waals surface area contributed by atoms with Crippen molar-refractivity contribution < 1.29 is 4.74 Å². The molecule has 0 saturated carbocycles. The van der Waals surface area contributed by atoms with E-state index in [1.807, 2.05) is 0 Å². The van der Waals surface area contributed by atoms with Crippen LogP contribution in [0.25, 0.3) is 0 Å². The standard InChI is InChI=1S/C13H23N3OS/c1-3-13-16-12(9-18-13)7-15-10(2)6-11-8-17-5-4-14-11/h9-11,14-15H,3-8H2,1-2H3. The smallest absolute Gasteiger partial charge is 0.0926 e. The Morgan fingerprint density at radius 3 is 3.22 bits per heavy atom. The maximum atomic E-state index is 5.46. The zero-order valence-electron chi connectivity index (χ0n) is 11.2. The summed E-state index contributed by atoms with van der Waals surface area (Å²) in [6.45, 7) is 7.89. The summed E-state index contributed by atoms with van der Waals surface area (Å²) in [5.74, 6) is 0. The monoisotopic (exact) mass is 269 g/mol. The summed E-state index contributed by atoms with van der Waals surface area (Å²) in [5.41, 5.74) is 1.16. The minimum atomic E-state index is 0.482. The summed E-state index contributed by atoms with van der Waals surface area (Å²) < 4.78 is 5.46. The van der Waals surface area contributed by atoms with Crippen LogP contribution in [-0.4, -0.2) is 36.8 Å². The maximum absolute atomic E-state index is 5.46. The molecule has 1 aliphatic rings. The highest BCUT2D eigenvalue weighted by Crippen LogP contribution is 2.10. The Morgan fingerprint density at radius 1 is 1.67 bits per heavy atom. The highest BCUT2D eigenvalue weighted by molar-refractivity contribution is 7.09. The predicted octanol–water partition coefficient (Wildman–Crippen LogP) is 1.56. The van der Waals surface area contributed by atoms with Crippen LogP contribution in [0.5, 0.6) is 0 Å². The van der Waals surface area contributed by atoms with Crippen LogP contribution in [-0.2, 0) is 17.7 Å². The molecule has 1 saturated heterocycles. The van der Waals surface area contributed by atoms with E-state index in [0.29, 0.717) is 12.1 Å². The zero-order valence-corrected chi connectivity index (χ0v) is 12.1. The molecule has 0 aromatic carbocycles. The van der Waals surface area contributed by atoms with Crippen molar-refractivity contribution in [1.82, 2.24) is 15.6 Å². The molecule has 2 heterocycles. The van der Waals surface area contributed by atoms with Gasteiger partial charge in [0.15, 0.2) is 0 Å². The van der Waals surface area contributed by atoms with Crippen LogP contribution in [0.15, 0.2) is 5.38 Å². The summed E-state index contributed by atoms with van der Waals surface area (Å²) in [7, 11) is 0. The molecule has 2 N–H and O–H groups in total. The summed E-state index contributed by atoms with van der Waals surface area (Å²) in [5, 5.41) is 10.4. The fraction of sp³-hybridized carbons (Fsp3) is 0.769. The van der Waals surface area contributed by atoms with Gasteiger partial charge in [-0.3, -0.25) is 0 Å². The first kappa shape index (κ1) is 13.9. The number of morpholine rings is 1. The number of hydrogen-bond donors (Lipinski definition) is 2. The van der Waals surface area contributed by atoms with Crippen molar-refractivity contribution in [2.75, 3.05) is 19.8 Å². The van der Waals surface area contributed by atoms with Crippen molar-refractivity contribution in [3.05, 3.63) is 16.1 Å². The molecular weight excluding hydrogens is 246 g/mol. The Hall–Kier alpha value is -0.490. The lowest BCUT2D eigenvalue weighted by molar-refractivity contribution is 0.0712. The number of aromatic nitrogens is 1. The van der Waals surface area contributed by atoms with Crippen LogP contribution >= 0.6 is 11.3 Å². The van der Waals surface area contributed by atoms with E-state index in [4.69, 9.17) is 4.74 Å². The van der Waals surface area contributed by atoms with Gasteiger partial charge in [-0.2, -0.15) is 0 Å². The van der Waals surface area contributed by atoms with Crippen molar-refractivity contribution in [2.24, 2.45) is 0 Å². The molecule has 2 rings (SSSR count). The van der Waals surface area contributed by atoms with Gasteiger partial charge >= 0.3 is 0 Å². The lowest BCUT2D eigenvalue weighted by Crippen LogP contribution is -2.44. The summed E-state index contributed by atoms with van der Waals surface area (Å²) >= 11 is 1.75. The molecule has 0 bridgehead atoms. The molecule has 2 unspecified atom stereocenters. The molecule has 1 aromatic heterocycles. The minimum absolute atomic E-state index is 0.482. The Kier molecular flexibility index (Phi) is 5.56. The minimum Gasteiger partial charge on any atom is -0.379 e. The van der Waals surface area contributed by atoms with E-state index < -0.39 is 0 Å². The number of aryl methyl sites for hydroxylation is 1. The molecule has 1 aromatic rings. The Bertz CT molecular complexity index is 350. The van der Waals surface area contributed by atoms with Gasteiger partial charge in [0.1, 0.15) is 0 Å². The number of nitrogens with one attached hydrogen (secondary N) is 2. The third-order valence-electron chi connectivity index (χ3n) is 3.17. The van der Waals surface area contributed by atoms with E-state index in [9.17, 15) is 0 Å². The molecule has 0 aliphatic carbocycles. The summed E-state index contributed by atoms with van der Waals surface area (Å²) in [6, 6.07) is 0.971. The normalized spacial score (nSPS) is 22.0. The van der Waals surface area contributed by atoms with Crippen LogP contribution in [0, 0.1) is 0 Å². The first-order chi connectivity index (χ1) is 8.78. The first-order valence-corrected chi connectivity index (χ1v) is 7.63. The zero-order chi connectivity index (χ0) is 12.8. The number of nitrogens with zero attached hydrogens (tertiary/aromatic N) is 1. The van der Waals surface area contributed by atoms with Crippen molar-refractivity contribution in [3.8, 4) is 0 Å². The quantitative estimate of drug-likeness (QED) is 0.823. The molecule has 2 atom stereocenters. The Balaban J connectivity index is 1.68. The van der Waals surface area contributed by atoms with Crippen molar-refractivity contribution in [3.63, 3.8) is 0 Å². The van der Waals surface area contributed by atoms with Crippen molar-refractivity contribution in [1.29, 1.82) is 0 Å². The first-order valence-electron chi connectivity index (χ1n) is 6.75. The fourth-order valence-electron chi connectivity index (χ4n) is 2.15. The van der Waals surface area contributed by atoms with E-state index in [1.54, 1.807) is 11.3 Å². The lowest BCUT2D eigenvalue weighted by Gasteiger charge is -2.26. The summed E-state index contributed by atoms with van der Waals surface area (Å²) in [4.78, 5) is 4.56. The number of rotatable bonds is 6. The summed E-state index contributed by atoms with van der Waals surface area (Å²) in [6.07, 6.45) is 2.13. The van der Waals surface area contributed by atoms with Gasteiger partial charge in [-0.1, -0.05) is 6.92 Å². The molecule has 0 radical (unpaired) electrons. The third kappa shape index (κ3) is 4.31. The maximum Gasteiger partial charge on any atom is 0.0926 e. The highest BCUT2D eigenvalue weighted by atomic mass is 32.1. The molecule has 102 valence electrons. The molecule has 0 spiro atoms. The van der Waals surface area contributed by atoms with Crippen molar-refractivity contribution >= 4 is 11.3 Å². The van der Waals surface area contributed by atoms with Gasteiger partial charge in [0, 0.05) is 30.6 Å². The number of ether oxygens (including phenoxy) is 1. The fourth-order valence-corrected chi connectivity index (χ4v) is 2.90. The van der Waals surface area contributed by atoms with Gasteiger partial charge in [-0.05, 0) is 19.8 Å². The highest BCUT2D eigenvalue weighted by Gasteiger charge is 2.16.